The SMILES string of the molecule is COc1ccc(N(C)C(=O)Cc2cccs2)cc1. The predicted octanol–water partition coefficient (Wildman–Crippen LogP) is 2.96. The highest BCUT2D eigenvalue weighted by atomic mass is 32.1. The van der Waals surface area contributed by atoms with E-state index in [-0.39, 0.29) is 5.91 Å². The van der Waals surface area contributed by atoms with Gasteiger partial charge in [-0.15, -0.1) is 11.3 Å². The third-order valence-corrected chi connectivity index (χ3v) is 3.62. The van der Waals surface area contributed by atoms with Gasteiger partial charge >= 0.3 is 0 Å². The zero-order valence-corrected chi connectivity index (χ0v) is 11.2. The van der Waals surface area contributed by atoms with Gasteiger partial charge in [0.25, 0.3) is 0 Å². The number of hydrogen-bond donors (Lipinski definition) is 0. The number of anilines is 1. The number of ether oxygens (including phenoxy) is 1. The summed E-state index contributed by atoms with van der Waals surface area (Å²) < 4.78 is 5.09. The molecule has 3 nitrogen and oxygen atoms in total. The van der Waals surface area contributed by atoms with Gasteiger partial charge in [0.1, 0.15) is 5.75 Å². The number of likely N-dealkylation sites (N-methyl/N-ethyl adjacent to an activating group) is 1. The zero-order chi connectivity index (χ0) is 13.0. The Labute approximate surface area is 111 Å². The van der Waals surface area contributed by atoms with Crippen LogP contribution in [0.1, 0.15) is 4.88 Å². The van der Waals surface area contributed by atoms with Gasteiger partial charge in [0.05, 0.1) is 13.5 Å². The van der Waals surface area contributed by atoms with Gasteiger partial charge in [0.15, 0.2) is 0 Å². The summed E-state index contributed by atoms with van der Waals surface area (Å²) in [5, 5.41) is 1.98. The minimum atomic E-state index is 0.0858. The molecule has 1 aromatic carbocycles. The maximum absolute atomic E-state index is 12.1. The summed E-state index contributed by atoms with van der Waals surface area (Å²) in [5.74, 6) is 0.875. The van der Waals surface area contributed by atoms with Gasteiger partial charge in [0, 0.05) is 17.6 Å². The number of hydrogen-bond acceptors (Lipinski definition) is 3. The van der Waals surface area contributed by atoms with Crippen molar-refractivity contribution in [2.75, 3.05) is 19.1 Å². The second kappa shape index (κ2) is 5.69. The molecule has 0 fully saturated rings. The van der Waals surface area contributed by atoms with Crippen molar-refractivity contribution in [2.45, 2.75) is 6.42 Å². The molecule has 0 aliphatic carbocycles. The van der Waals surface area contributed by atoms with E-state index < -0.39 is 0 Å². The molecule has 0 bridgehead atoms. The van der Waals surface area contributed by atoms with Gasteiger partial charge in [-0.25, -0.2) is 0 Å². The highest BCUT2D eigenvalue weighted by molar-refractivity contribution is 7.10. The van der Waals surface area contributed by atoms with E-state index in [1.54, 1.807) is 30.4 Å². The lowest BCUT2D eigenvalue weighted by Crippen LogP contribution is -2.27. The fourth-order valence-corrected chi connectivity index (χ4v) is 2.33. The summed E-state index contributed by atoms with van der Waals surface area (Å²) in [6, 6.07) is 11.4. The first-order valence-corrected chi connectivity index (χ1v) is 6.51. The summed E-state index contributed by atoms with van der Waals surface area (Å²) >= 11 is 1.60. The van der Waals surface area contributed by atoms with Crippen LogP contribution in [0.3, 0.4) is 0 Å². The molecule has 0 saturated heterocycles. The normalized spacial score (nSPS) is 10.1. The van der Waals surface area contributed by atoms with Crippen LogP contribution in [-0.4, -0.2) is 20.1 Å². The number of benzene rings is 1. The quantitative estimate of drug-likeness (QED) is 0.847. The average Bonchev–Trinajstić information content (AvgIpc) is 2.91. The third kappa shape index (κ3) is 2.90. The Morgan fingerprint density at radius 2 is 2.00 bits per heavy atom. The number of thiophene rings is 1. The summed E-state index contributed by atoms with van der Waals surface area (Å²) in [6.07, 6.45) is 0.445. The molecular weight excluding hydrogens is 246 g/mol. The Balaban J connectivity index is 2.05. The van der Waals surface area contributed by atoms with Crippen LogP contribution in [0, 0.1) is 0 Å². The van der Waals surface area contributed by atoms with Crippen LogP contribution in [-0.2, 0) is 11.2 Å². The minimum absolute atomic E-state index is 0.0858. The number of rotatable bonds is 4. The van der Waals surface area contributed by atoms with Crippen LogP contribution in [0.2, 0.25) is 0 Å². The minimum Gasteiger partial charge on any atom is -0.497 e. The molecule has 0 aliphatic rings. The lowest BCUT2D eigenvalue weighted by Gasteiger charge is -2.17. The fourth-order valence-electron chi connectivity index (χ4n) is 1.63. The maximum atomic E-state index is 12.1. The van der Waals surface area contributed by atoms with E-state index in [0.29, 0.717) is 6.42 Å². The van der Waals surface area contributed by atoms with Crippen LogP contribution in [0.15, 0.2) is 41.8 Å². The van der Waals surface area contributed by atoms with Crippen molar-refractivity contribution in [1.29, 1.82) is 0 Å². The molecule has 2 aromatic rings. The van der Waals surface area contributed by atoms with Crippen LogP contribution >= 0.6 is 11.3 Å². The van der Waals surface area contributed by atoms with Crippen molar-refractivity contribution in [3.05, 3.63) is 46.7 Å². The molecule has 0 unspecified atom stereocenters. The Bertz CT molecular complexity index is 505. The summed E-state index contributed by atoms with van der Waals surface area (Å²) in [5.41, 5.74) is 0.873. The largest absolute Gasteiger partial charge is 0.497 e. The Morgan fingerprint density at radius 1 is 1.28 bits per heavy atom. The van der Waals surface area contributed by atoms with Gasteiger partial charge in [-0.1, -0.05) is 6.07 Å². The van der Waals surface area contributed by atoms with E-state index in [4.69, 9.17) is 4.74 Å². The Kier molecular flexibility index (Phi) is 3.99. The van der Waals surface area contributed by atoms with Crippen molar-refractivity contribution in [3.8, 4) is 5.75 Å². The van der Waals surface area contributed by atoms with Crippen molar-refractivity contribution in [1.82, 2.24) is 0 Å². The van der Waals surface area contributed by atoms with Crippen molar-refractivity contribution >= 4 is 22.9 Å². The molecule has 2 rings (SSSR count). The monoisotopic (exact) mass is 261 g/mol. The van der Waals surface area contributed by atoms with E-state index in [2.05, 4.69) is 0 Å². The molecule has 4 heteroatoms. The topological polar surface area (TPSA) is 29.5 Å². The molecule has 18 heavy (non-hydrogen) atoms. The molecule has 1 amide bonds. The Hall–Kier alpha value is -1.81. The second-order valence-corrected chi connectivity index (χ2v) is 4.94. The summed E-state index contributed by atoms with van der Waals surface area (Å²) in [6.45, 7) is 0. The smallest absolute Gasteiger partial charge is 0.231 e. The predicted molar refractivity (Wildman–Crippen MR) is 74.4 cm³/mol. The lowest BCUT2D eigenvalue weighted by molar-refractivity contribution is -0.117. The van der Waals surface area contributed by atoms with Crippen molar-refractivity contribution in [2.24, 2.45) is 0 Å². The number of carbonyl (C=O) groups is 1. The second-order valence-electron chi connectivity index (χ2n) is 3.91. The van der Waals surface area contributed by atoms with E-state index in [1.165, 1.54) is 0 Å². The van der Waals surface area contributed by atoms with E-state index in [9.17, 15) is 4.79 Å². The fraction of sp³-hybridized carbons (Fsp3) is 0.214. The third-order valence-electron chi connectivity index (χ3n) is 2.74. The van der Waals surface area contributed by atoms with Gasteiger partial charge in [-0.05, 0) is 35.7 Å². The van der Waals surface area contributed by atoms with Gasteiger partial charge in [0.2, 0.25) is 5.91 Å². The summed E-state index contributed by atoms with van der Waals surface area (Å²) in [4.78, 5) is 14.8. The number of carbonyl (C=O) groups excluding carboxylic acids is 1. The molecule has 0 saturated carbocycles. The first-order valence-electron chi connectivity index (χ1n) is 5.63. The molecule has 0 radical (unpaired) electrons. The van der Waals surface area contributed by atoms with Crippen molar-refractivity contribution < 1.29 is 9.53 Å². The van der Waals surface area contributed by atoms with Gasteiger partial charge in [-0.3, -0.25) is 4.79 Å². The van der Waals surface area contributed by atoms with Crippen LogP contribution in [0.5, 0.6) is 5.75 Å². The molecule has 0 N–H and O–H groups in total. The molecule has 0 aliphatic heterocycles. The molecular formula is C14H15NO2S. The van der Waals surface area contributed by atoms with E-state index in [0.717, 1.165) is 16.3 Å². The van der Waals surface area contributed by atoms with Crippen LogP contribution in [0.4, 0.5) is 5.69 Å². The standard InChI is InChI=1S/C14H15NO2S/c1-15(11-5-7-12(17-2)8-6-11)14(16)10-13-4-3-9-18-13/h3-9H,10H2,1-2H3. The highest BCUT2D eigenvalue weighted by Gasteiger charge is 2.12. The maximum Gasteiger partial charge on any atom is 0.231 e. The van der Waals surface area contributed by atoms with Crippen LogP contribution < -0.4 is 9.64 Å². The number of methoxy groups -OCH3 is 1. The lowest BCUT2D eigenvalue weighted by atomic mass is 10.2. The first-order chi connectivity index (χ1) is 8.70. The average molecular weight is 261 g/mol. The van der Waals surface area contributed by atoms with E-state index in [1.807, 2.05) is 41.8 Å². The van der Waals surface area contributed by atoms with Crippen LogP contribution in [0.25, 0.3) is 0 Å². The van der Waals surface area contributed by atoms with Gasteiger partial charge in [-0.2, -0.15) is 0 Å². The van der Waals surface area contributed by atoms with E-state index >= 15 is 0 Å². The molecule has 1 heterocycles. The Morgan fingerprint density at radius 3 is 2.56 bits per heavy atom. The highest BCUT2D eigenvalue weighted by Crippen LogP contribution is 2.19. The zero-order valence-electron chi connectivity index (χ0n) is 10.4. The molecule has 94 valence electrons. The molecule has 0 spiro atoms. The number of nitrogens with zero attached hydrogens (tertiary/aromatic N) is 1. The van der Waals surface area contributed by atoms with Crippen molar-refractivity contribution in [3.63, 3.8) is 0 Å². The summed E-state index contributed by atoms with van der Waals surface area (Å²) in [7, 11) is 3.42. The molecule has 0 atom stereocenters. The van der Waals surface area contributed by atoms with Gasteiger partial charge < -0.3 is 9.64 Å². The number of amides is 1. The molecule has 1 aromatic heterocycles. The first kappa shape index (κ1) is 12.6.